The van der Waals surface area contributed by atoms with E-state index >= 15 is 0 Å². The molecule has 2 saturated heterocycles. The fourth-order valence-corrected chi connectivity index (χ4v) is 21.3. The van der Waals surface area contributed by atoms with Gasteiger partial charge in [0, 0.05) is 0 Å². The van der Waals surface area contributed by atoms with E-state index in [1.807, 2.05) is 10.4 Å². The van der Waals surface area contributed by atoms with Crippen LogP contribution in [0.5, 0.6) is 0 Å². The van der Waals surface area contributed by atoms with Crippen LogP contribution in [0.2, 0.25) is 13.1 Å². The Kier molecular flexibility index (Phi) is 4.23. The molecule has 2 aliphatic heterocycles. The van der Waals surface area contributed by atoms with Crippen molar-refractivity contribution < 1.29 is 48.0 Å². The molecule has 2 unspecified atom stereocenters. The van der Waals surface area contributed by atoms with Gasteiger partial charge in [-0.15, -0.1) is 0 Å². The van der Waals surface area contributed by atoms with E-state index in [1.165, 1.54) is 12.8 Å². The van der Waals surface area contributed by atoms with Crippen LogP contribution >= 0.6 is 0 Å². The molecule has 4 heteroatoms. The third-order valence-corrected chi connectivity index (χ3v) is 18.0. The first-order chi connectivity index (χ1) is 11.6. The molecule has 0 nitrogen and oxygen atoms in total. The molecule has 0 N–H and O–H groups in total. The normalized spacial score (nSPS) is 30.1. The van der Waals surface area contributed by atoms with E-state index in [0.29, 0.717) is 6.25 Å². The van der Waals surface area contributed by atoms with Gasteiger partial charge in [0.05, 0.1) is 0 Å². The number of rotatable bonds is 0. The monoisotopic (exact) mass is 472 g/mol. The predicted molar refractivity (Wildman–Crippen MR) is 98.9 cm³/mol. The quantitative estimate of drug-likeness (QED) is 0.442. The molecule has 2 aromatic carbocycles. The van der Waals surface area contributed by atoms with E-state index in [4.69, 9.17) is 0 Å². The van der Waals surface area contributed by atoms with Gasteiger partial charge < -0.3 is 24.8 Å². The first-order valence-corrected chi connectivity index (χ1v) is 14.5. The molecule has 2 aliphatic carbocycles. The number of halogens is 2. The van der Waals surface area contributed by atoms with Gasteiger partial charge >= 0.3 is 157 Å². The van der Waals surface area contributed by atoms with E-state index < -0.39 is 31.3 Å². The Bertz CT molecular complexity index is 916. The molecule has 4 aliphatic rings. The van der Waals surface area contributed by atoms with Crippen molar-refractivity contribution >= 4 is 20.2 Å². The van der Waals surface area contributed by atoms with Gasteiger partial charge in [0.15, 0.2) is 0 Å². The number of allylic oxidation sites excluding steroid dienone is 2. The Morgan fingerprint density at radius 2 is 1.15 bits per heavy atom. The van der Waals surface area contributed by atoms with Gasteiger partial charge in [-0.2, -0.15) is 0 Å². The summed E-state index contributed by atoms with van der Waals surface area (Å²) in [6, 6.07) is 18.6. The van der Waals surface area contributed by atoms with Crippen LogP contribution in [0.15, 0.2) is 58.9 Å². The number of benzene rings is 2. The van der Waals surface area contributed by atoms with Crippen LogP contribution in [-0.4, -0.2) is 8.07 Å². The van der Waals surface area contributed by atoms with Crippen LogP contribution in [-0.2, 0) is 29.5 Å². The van der Waals surface area contributed by atoms with Crippen molar-refractivity contribution in [2.75, 3.05) is 0 Å². The molecule has 130 valence electrons. The molecule has 26 heavy (non-hydrogen) atoms. The van der Waals surface area contributed by atoms with Crippen LogP contribution in [0.1, 0.15) is 35.1 Å². The van der Waals surface area contributed by atoms with Gasteiger partial charge in [0.1, 0.15) is 0 Å². The second-order valence-corrected chi connectivity index (χ2v) is 17.5. The molecule has 0 saturated carbocycles. The van der Waals surface area contributed by atoms with E-state index in [0.717, 1.165) is 0 Å². The van der Waals surface area contributed by atoms with Crippen LogP contribution < -0.4 is 24.8 Å². The third kappa shape index (κ3) is 1.95. The summed E-state index contributed by atoms with van der Waals surface area (Å²) in [4.78, 5) is 0. The molecule has 6 rings (SSSR count). The standard InChI is InChI=1S/C22H20Si.2ClH.Zr/c1-23(2)21-13-15-7-3-5-9-17(15)19(21)11-12-20-18-10-6-4-8-16(18)14-22(20)23;;;/h3-10,13-14H,11-12H2,1-2H3;2*1H;/q;;;+2/p-2. The largest absolute Gasteiger partial charge is 1.00 e. The van der Waals surface area contributed by atoms with Crippen molar-refractivity contribution in [1.82, 2.24) is 0 Å². The summed E-state index contributed by atoms with van der Waals surface area (Å²) in [5, 5.41) is 3.77. The summed E-state index contributed by atoms with van der Waals surface area (Å²) in [5.74, 6) is 0. The summed E-state index contributed by atoms with van der Waals surface area (Å²) in [6.45, 7) is 5.27. The van der Waals surface area contributed by atoms with Crippen molar-refractivity contribution in [2.24, 2.45) is 0 Å². The average Bonchev–Trinajstić information content (AvgIpc) is 3.23. The molecule has 0 amide bonds. The Balaban J connectivity index is 0.000000841. The minimum atomic E-state index is -1.56. The Morgan fingerprint density at radius 3 is 1.62 bits per heavy atom. The van der Waals surface area contributed by atoms with E-state index in [2.05, 4.69) is 73.8 Å². The molecule has 0 aromatic heterocycles. The molecular weight excluding hydrogens is 454 g/mol. The zero-order valence-electron chi connectivity index (χ0n) is 14.9. The second kappa shape index (κ2) is 5.80. The minimum Gasteiger partial charge on any atom is -1.00 e. The van der Waals surface area contributed by atoms with Gasteiger partial charge in [-0.3, -0.25) is 0 Å². The van der Waals surface area contributed by atoms with Gasteiger partial charge in [-0.05, 0) is 0 Å². The first-order valence-electron chi connectivity index (χ1n) is 9.02. The van der Waals surface area contributed by atoms with Crippen LogP contribution in [0.25, 0.3) is 12.2 Å². The van der Waals surface area contributed by atoms with Crippen molar-refractivity contribution in [1.29, 1.82) is 0 Å². The Labute approximate surface area is 180 Å². The fourth-order valence-electron chi connectivity index (χ4n) is 6.12. The van der Waals surface area contributed by atoms with Crippen LogP contribution in [0, 0.1) is 0 Å². The topological polar surface area (TPSA) is 0 Å². The third-order valence-electron chi connectivity index (χ3n) is 7.01. The predicted octanol–water partition coefficient (Wildman–Crippen LogP) is -0.744. The molecule has 2 fully saturated rings. The van der Waals surface area contributed by atoms with Crippen LogP contribution in [0.3, 0.4) is 0 Å². The minimum absolute atomic E-state index is 0. The maximum Gasteiger partial charge on any atom is -1.00 e. The summed E-state index contributed by atoms with van der Waals surface area (Å²) >= 11 is -0.664. The summed E-state index contributed by atoms with van der Waals surface area (Å²) < 4.78 is 1.01. The summed E-state index contributed by atoms with van der Waals surface area (Å²) in [7, 11) is -1.56. The molecule has 0 radical (unpaired) electrons. The summed E-state index contributed by atoms with van der Waals surface area (Å²) in [5.41, 5.74) is 6.49. The SMILES string of the molecule is C[Si]1(C)C2=Cc3ccccc3[C]23CC[C]2([Zr+2]3)C1=Cc1ccccc12.[Cl-].[Cl-]. The van der Waals surface area contributed by atoms with Crippen molar-refractivity contribution in [3.63, 3.8) is 0 Å². The van der Waals surface area contributed by atoms with Gasteiger partial charge in [-0.25, -0.2) is 0 Å². The molecular formula is C22H20Cl2SiZr. The Hall–Kier alpha value is -0.400. The maximum absolute atomic E-state index is 2.63. The van der Waals surface area contributed by atoms with Gasteiger partial charge in [-0.1, -0.05) is 0 Å². The van der Waals surface area contributed by atoms with Crippen LogP contribution in [0.4, 0.5) is 0 Å². The number of hydrogen-bond donors (Lipinski definition) is 0. The van der Waals surface area contributed by atoms with E-state index in [-0.39, 0.29) is 24.8 Å². The molecule has 2 heterocycles. The maximum atomic E-state index is 2.63. The average molecular weight is 475 g/mol. The second-order valence-electron chi connectivity index (χ2n) is 8.35. The number of hydrogen-bond acceptors (Lipinski definition) is 0. The molecule has 2 spiro atoms. The molecule has 2 aromatic rings. The smallest absolute Gasteiger partial charge is 1.00 e. The van der Waals surface area contributed by atoms with Crippen molar-refractivity contribution in [3.8, 4) is 0 Å². The van der Waals surface area contributed by atoms with Crippen molar-refractivity contribution in [3.05, 3.63) is 81.2 Å². The zero-order chi connectivity index (χ0) is 16.2. The fraction of sp³-hybridized carbons (Fsp3) is 0.273. The molecule has 2 atom stereocenters. The van der Waals surface area contributed by atoms with E-state index in [9.17, 15) is 0 Å². The first kappa shape index (κ1) is 18.9. The van der Waals surface area contributed by atoms with E-state index in [1.54, 1.807) is 22.3 Å². The summed E-state index contributed by atoms with van der Waals surface area (Å²) in [6.07, 6.45) is 8.07. The zero-order valence-corrected chi connectivity index (χ0v) is 19.9. The van der Waals surface area contributed by atoms with Crippen molar-refractivity contribution in [2.45, 2.75) is 32.2 Å². The van der Waals surface area contributed by atoms with Gasteiger partial charge in [0.2, 0.25) is 0 Å². The van der Waals surface area contributed by atoms with Gasteiger partial charge in [0.25, 0.3) is 0 Å². The molecule has 2 bridgehead atoms. The Morgan fingerprint density at radius 1 is 0.731 bits per heavy atom. The number of fused-ring (bicyclic) bond motifs is 2.